The zero-order chi connectivity index (χ0) is 11.7. The zero-order valence-corrected chi connectivity index (χ0v) is 11.2. The predicted octanol–water partition coefficient (Wildman–Crippen LogP) is 4.04. The van der Waals surface area contributed by atoms with Gasteiger partial charge in [-0.15, -0.1) is 0 Å². The van der Waals surface area contributed by atoms with Crippen LogP contribution >= 0.6 is 0 Å². The third kappa shape index (κ3) is 6.94. The van der Waals surface area contributed by atoms with Crippen molar-refractivity contribution in [2.75, 3.05) is 6.54 Å². The lowest BCUT2D eigenvalue weighted by Crippen LogP contribution is -2.36. The van der Waals surface area contributed by atoms with Gasteiger partial charge in [-0.25, -0.2) is 0 Å². The maximum atomic E-state index is 3.90. The molecule has 1 unspecified atom stereocenters. The highest BCUT2D eigenvalue weighted by atomic mass is 14.9. The van der Waals surface area contributed by atoms with Gasteiger partial charge in [0.05, 0.1) is 0 Å². The Morgan fingerprint density at radius 1 is 1.07 bits per heavy atom. The molecule has 0 aliphatic rings. The molecule has 0 saturated heterocycles. The summed E-state index contributed by atoms with van der Waals surface area (Å²) in [7, 11) is 0. The maximum Gasteiger partial charge on any atom is 0.00952 e. The predicted molar refractivity (Wildman–Crippen MR) is 69.9 cm³/mol. The summed E-state index contributed by atoms with van der Waals surface area (Å²) in [6.07, 6.45) is 6.25. The van der Waals surface area contributed by atoms with Gasteiger partial charge in [0.25, 0.3) is 0 Å². The van der Waals surface area contributed by atoms with Crippen LogP contribution in [0.2, 0.25) is 0 Å². The zero-order valence-electron chi connectivity index (χ0n) is 11.2. The van der Waals surface area contributed by atoms with Crippen molar-refractivity contribution >= 4 is 0 Å². The van der Waals surface area contributed by atoms with Gasteiger partial charge in [0.15, 0.2) is 0 Å². The molecule has 0 aromatic heterocycles. The minimum Gasteiger partial charge on any atom is -0.314 e. The fraction of sp³-hybridized carbons (Fsp3) is 0.929. The number of hydrogen-bond donors (Lipinski definition) is 1. The Hall–Kier alpha value is -0.0400. The first-order valence-corrected chi connectivity index (χ1v) is 6.68. The number of nitrogens with one attached hydrogen (secondary N) is 1. The standard InChI is InChI=1S/C14H30N/c1-6-11-15-14(10-9-12(4)5)13(7-2)8-3/h12-15H,1,6-11H2,2-5H3. The van der Waals surface area contributed by atoms with E-state index in [4.69, 9.17) is 0 Å². The highest BCUT2D eigenvalue weighted by Gasteiger charge is 2.17. The molecule has 1 radical (unpaired) electrons. The molecule has 0 spiro atoms. The fourth-order valence-electron chi connectivity index (χ4n) is 2.16. The van der Waals surface area contributed by atoms with Crippen LogP contribution in [0.4, 0.5) is 0 Å². The first-order valence-electron chi connectivity index (χ1n) is 6.68. The monoisotopic (exact) mass is 212 g/mol. The molecule has 1 nitrogen and oxygen atoms in total. The van der Waals surface area contributed by atoms with Crippen molar-refractivity contribution < 1.29 is 0 Å². The SMILES string of the molecule is [CH2]CCNC(CCC(C)C)C(CC)CC. The molecule has 0 aliphatic heterocycles. The van der Waals surface area contributed by atoms with Crippen LogP contribution in [-0.4, -0.2) is 12.6 Å². The van der Waals surface area contributed by atoms with Crippen LogP contribution in [-0.2, 0) is 0 Å². The first-order chi connectivity index (χ1) is 7.15. The van der Waals surface area contributed by atoms with Crippen LogP contribution in [0, 0.1) is 18.8 Å². The van der Waals surface area contributed by atoms with Crippen molar-refractivity contribution in [2.45, 2.75) is 65.8 Å². The molecule has 1 N–H and O–H groups in total. The number of hydrogen-bond acceptors (Lipinski definition) is 1. The summed E-state index contributed by atoms with van der Waals surface area (Å²) in [5.41, 5.74) is 0. The lowest BCUT2D eigenvalue weighted by atomic mass is 9.89. The number of rotatable bonds is 9. The minimum atomic E-state index is 0.712. The molecule has 0 saturated carbocycles. The smallest absolute Gasteiger partial charge is 0.00952 e. The Morgan fingerprint density at radius 3 is 2.07 bits per heavy atom. The van der Waals surface area contributed by atoms with Crippen LogP contribution < -0.4 is 5.32 Å². The van der Waals surface area contributed by atoms with Crippen molar-refractivity contribution in [2.24, 2.45) is 11.8 Å². The van der Waals surface area contributed by atoms with E-state index in [-0.39, 0.29) is 0 Å². The fourth-order valence-corrected chi connectivity index (χ4v) is 2.16. The topological polar surface area (TPSA) is 12.0 Å². The molecule has 0 aromatic carbocycles. The summed E-state index contributed by atoms with van der Waals surface area (Å²) >= 11 is 0. The summed E-state index contributed by atoms with van der Waals surface area (Å²) in [4.78, 5) is 0. The van der Waals surface area contributed by atoms with Crippen molar-refractivity contribution in [3.63, 3.8) is 0 Å². The first kappa shape index (κ1) is 15.0. The van der Waals surface area contributed by atoms with Gasteiger partial charge >= 0.3 is 0 Å². The van der Waals surface area contributed by atoms with Crippen molar-refractivity contribution in [1.82, 2.24) is 5.32 Å². The Kier molecular flexibility index (Phi) is 9.18. The summed E-state index contributed by atoms with van der Waals surface area (Å²) < 4.78 is 0. The van der Waals surface area contributed by atoms with Gasteiger partial charge in [-0.2, -0.15) is 0 Å². The van der Waals surface area contributed by atoms with E-state index in [1.54, 1.807) is 0 Å². The van der Waals surface area contributed by atoms with E-state index in [2.05, 4.69) is 39.9 Å². The van der Waals surface area contributed by atoms with Gasteiger partial charge in [-0.1, -0.05) is 47.5 Å². The van der Waals surface area contributed by atoms with Crippen LogP contribution in [0.25, 0.3) is 0 Å². The Bertz CT molecular complexity index is 127. The molecule has 1 atom stereocenters. The van der Waals surface area contributed by atoms with Crippen molar-refractivity contribution in [3.05, 3.63) is 6.92 Å². The Morgan fingerprint density at radius 2 is 1.67 bits per heavy atom. The second-order valence-corrected chi connectivity index (χ2v) is 4.96. The van der Waals surface area contributed by atoms with Gasteiger partial charge < -0.3 is 5.32 Å². The van der Waals surface area contributed by atoms with Gasteiger partial charge in [0, 0.05) is 6.04 Å². The lowest BCUT2D eigenvalue weighted by molar-refractivity contribution is 0.302. The van der Waals surface area contributed by atoms with Gasteiger partial charge in [0.1, 0.15) is 0 Å². The summed E-state index contributed by atoms with van der Waals surface area (Å²) in [5.74, 6) is 1.67. The van der Waals surface area contributed by atoms with Crippen LogP contribution in [0.5, 0.6) is 0 Å². The molecule has 15 heavy (non-hydrogen) atoms. The second kappa shape index (κ2) is 9.21. The van der Waals surface area contributed by atoms with Crippen LogP contribution in [0.15, 0.2) is 0 Å². The normalized spacial score (nSPS) is 13.8. The summed E-state index contributed by atoms with van der Waals surface area (Å²) in [6.45, 7) is 14.2. The quantitative estimate of drug-likeness (QED) is 0.608. The van der Waals surface area contributed by atoms with Crippen LogP contribution in [0.1, 0.15) is 59.8 Å². The van der Waals surface area contributed by atoms with E-state index in [0.29, 0.717) is 6.04 Å². The maximum absolute atomic E-state index is 3.90. The summed E-state index contributed by atoms with van der Waals surface area (Å²) in [5, 5.41) is 3.66. The second-order valence-electron chi connectivity index (χ2n) is 4.96. The average molecular weight is 212 g/mol. The lowest BCUT2D eigenvalue weighted by Gasteiger charge is -2.27. The highest BCUT2D eigenvalue weighted by Crippen LogP contribution is 2.19. The van der Waals surface area contributed by atoms with E-state index in [0.717, 1.165) is 24.8 Å². The molecule has 0 amide bonds. The molecule has 0 fully saturated rings. The molecule has 0 heterocycles. The van der Waals surface area contributed by atoms with Crippen molar-refractivity contribution in [1.29, 1.82) is 0 Å². The third-order valence-electron chi connectivity index (χ3n) is 3.26. The molecule has 0 aromatic rings. The Labute approximate surface area is 97.0 Å². The van der Waals surface area contributed by atoms with Crippen LogP contribution in [0.3, 0.4) is 0 Å². The van der Waals surface area contributed by atoms with Gasteiger partial charge in [-0.3, -0.25) is 0 Å². The highest BCUT2D eigenvalue weighted by molar-refractivity contribution is 4.75. The van der Waals surface area contributed by atoms with E-state index in [1.807, 2.05) is 0 Å². The molecule has 91 valence electrons. The summed E-state index contributed by atoms with van der Waals surface area (Å²) in [6, 6.07) is 0.712. The average Bonchev–Trinajstić information content (AvgIpc) is 2.22. The molecule has 0 bridgehead atoms. The van der Waals surface area contributed by atoms with Gasteiger partial charge in [-0.05, 0) is 37.6 Å². The molecule has 1 heteroatoms. The van der Waals surface area contributed by atoms with Crippen molar-refractivity contribution in [3.8, 4) is 0 Å². The van der Waals surface area contributed by atoms with E-state index >= 15 is 0 Å². The van der Waals surface area contributed by atoms with E-state index in [9.17, 15) is 0 Å². The third-order valence-corrected chi connectivity index (χ3v) is 3.26. The molecule has 0 aliphatic carbocycles. The van der Waals surface area contributed by atoms with E-state index in [1.165, 1.54) is 25.7 Å². The Balaban J connectivity index is 4.03. The molecular weight excluding hydrogens is 182 g/mol. The van der Waals surface area contributed by atoms with E-state index < -0.39 is 0 Å². The minimum absolute atomic E-state index is 0.712. The van der Waals surface area contributed by atoms with Gasteiger partial charge in [0.2, 0.25) is 0 Å². The molecule has 0 rings (SSSR count). The molecular formula is C14H30N. The largest absolute Gasteiger partial charge is 0.314 e.